The lowest BCUT2D eigenvalue weighted by atomic mass is 9.95. The van der Waals surface area contributed by atoms with Crippen molar-refractivity contribution in [1.82, 2.24) is 5.32 Å². The number of nitrogens with zero attached hydrogens (tertiary/aromatic N) is 2. The molecule has 1 heterocycles. The topological polar surface area (TPSA) is 78.8 Å². The second kappa shape index (κ2) is 6.93. The third-order valence-electron chi connectivity index (χ3n) is 4.54. The summed E-state index contributed by atoms with van der Waals surface area (Å²) in [5.74, 6) is -0.212. The van der Waals surface area contributed by atoms with E-state index in [0.717, 1.165) is 32.1 Å². The first-order valence-electron chi connectivity index (χ1n) is 8.53. The van der Waals surface area contributed by atoms with Crippen LogP contribution in [0.25, 0.3) is 0 Å². The average molecular weight is 349 g/mol. The van der Waals surface area contributed by atoms with Gasteiger partial charge in [0, 0.05) is 18.2 Å². The quantitative estimate of drug-likeness (QED) is 0.906. The highest BCUT2D eigenvalue weighted by molar-refractivity contribution is 7.90. The number of hydrogen-bond donors (Lipinski definition) is 1. The number of benzene rings is 1. The summed E-state index contributed by atoms with van der Waals surface area (Å²) >= 11 is 0. The minimum atomic E-state index is -3.73. The maximum atomic E-state index is 12.5. The van der Waals surface area contributed by atoms with Crippen molar-refractivity contribution in [2.75, 3.05) is 11.4 Å². The van der Waals surface area contributed by atoms with Crippen molar-refractivity contribution < 1.29 is 13.2 Å². The number of sulfonamides is 1. The maximum absolute atomic E-state index is 12.5. The number of carbonyl (C=O) groups is 1. The van der Waals surface area contributed by atoms with Gasteiger partial charge in [-0.2, -0.15) is 8.42 Å². The number of anilines is 1. The van der Waals surface area contributed by atoms with Gasteiger partial charge in [-0.1, -0.05) is 26.2 Å². The predicted octanol–water partition coefficient (Wildman–Crippen LogP) is 2.70. The number of carbonyl (C=O) groups excluding carboxylic acids is 1. The molecule has 1 aromatic carbocycles. The molecule has 1 N–H and O–H groups in total. The van der Waals surface area contributed by atoms with E-state index in [4.69, 9.17) is 0 Å². The Morgan fingerprint density at radius 2 is 2.04 bits per heavy atom. The molecule has 0 spiro atoms. The van der Waals surface area contributed by atoms with Crippen LogP contribution in [0.3, 0.4) is 0 Å². The molecule has 0 aromatic heterocycles. The lowest BCUT2D eigenvalue weighted by Crippen LogP contribution is -2.36. The molecule has 1 aromatic rings. The van der Waals surface area contributed by atoms with Gasteiger partial charge in [0.2, 0.25) is 0 Å². The Labute approximate surface area is 143 Å². The minimum absolute atomic E-state index is 0.106. The van der Waals surface area contributed by atoms with Crippen LogP contribution in [-0.4, -0.2) is 33.3 Å². The molecule has 130 valence electrons. The van der Waals surface area contributed by atoms with Gasteiger partial charge in [0.25, 0.3) is 15.9 Å². The third kappa shape index (κ3) is 3.45. The smallest absolute Gasteiger partial charge is 0.285 e. The van der Waals surface area contributed by atoms with E-state index in [1.54, 1.807) is 17.0 Å². The van der Waals surface area contributed by atoms with E-state index >= 15 is 0 Å². The molecule has 3 rings (SSSR count). The molecule has 0 bridgehead atoms. The summed E-state index contributed by atoms with van der Waals surface area (Å²) in [6.45, 7) is 2.70. The highest BCUT2D eigenvalue weighted by atomic mass is 32.2. The molecule has 1 saturated carbocycles. The zero-order chi connectivity index (χ0) is 17.2. The van der Waals surface area contributed by atoms with Crippen molar-refractivity contribution in [2.24, 2.45) is 4.40 Å². The Bertz CT molecular complexity index is 752. The van der Waals surface area contributed by atoms with Crippen molar-refractivity contribution >= 4 is 28.0 Å². The third-order valence-corrected chi connectivity index (χ3v) is 5.79. The molecule has 0 radical (unpaired) electrons. The summed E-state index contributed by atoms with van der Waals surface area (Å²) in [6.07, 6.45) is 7.68. The fraction of sp³-hybridized carbons (Fsp3) is 0.529. The molecule has 6 nitrogen and oxygen atoms in total. The Balaban J connectivity index is 1.86. The number of rotatable bonds is 4. The summed E-state index contributed by atoms with van der Waals surface area (Å²) in [7, 11) is -3.73. The zero-order valence-corrected chi connectivity index (χ0v) is 14.7. The second-order valence-corrected chi connectivity index (χ2v) is 7.98. The SMILES string of the molecule is CCCN1C=NS(=O)(=O)c2cc(C(=O)NC3CCCCC3)ccc21. The standard InChI is InChI=1S/C17H23N3O3S/c1-2-10-20-12-18-24(22,23)16-11-13(8-9-15(16)20)17(21)19-14-6-4-3-5-7-14/h8-9,11-12,14H,2-7,10H2,1H3,(H,19,21). The second-order valence-electron chi connectivity index (χ2n) is 6.38. The van der Waals surface area contributed by atoms with Gasteiger partial charge in [-0.3, -0.25) is 4.79 Å². The van der Waals surface area contributed by atoms with Crippen LogP contribution in [0.1, 0.15) is 55.8 Å². The predicted molar refractivity (Wildman–Crippen MR) is 94.1 cm³/mol. The minimum Gasteiger partial charge on any atom is -0.349 e. The Kier molecular flexibility index (Phi) is 4.89. The van der Waals surface area contributed by atoms with Crippen molar-refractivity contribution in [1.29, 1.82) is 0 Å². The van der Waals surface area contributed by atoms with E-state index in [2.05, 4.69) is 9.71 Å². The van der Waals surface area contributed by atoms with Crippen LogP contribution in [0.5, 0.6) is 0 Å². The summed E-state index contributed by atoms with van der Waals surface area (Å²) < 4.78 is 28.1. The van der Waals surface area contributed by atoms with Crippen molar-refractivity contribution in [2.45, 2.75) is 56.4 Å². The molecule has 1 fully saturated rings. The van der Waals surface area contributed by atoms with Crippen LogP contribution in [0, 0.1) is 0 Å². The molecule has 1 amide bonds. The van der Waals surface area contributed by atoms with Crippen LogP contribution in [0.15, 0.2) is 27.5 Å². The van der Waals surface area contributed by atoms with E-state index in [9.17, 15) is 13.2 Å². The van der Waals surface area contributed by atoms with Gasteiger partial charge >= 0.3 is 0 Å². The molecule has 1 aliphatic carbocycles. The Hall–Kier alpha value is -1.89. The number of nitrogens with one attached hydrogen (secondary N) is 1. The van der Waals surface area contributed by atoms with E-state index in [1.165, 1.54) is 18.8 Å². The van der Waals surface area contributed by atoms with Crippen LogP contribution >= 0.6 is 0 Å². The van der Waals surface area contributed by atoms with E-state index in [0.29, 0.717) is 17.8 Å². The zero-order valence-electron chi connectivity index (χ0n) is 13.9. The summed E-state index contributed by atoms with van der Waals surface area (Å²) in [4.78, 5) is 14.4. The highest BCUT2D eigenvalue weighted by Crippen LogP contribution is 2.31. The molecule has 0 saturated heterocycles. The van der Waals surface area contributed by atoms with E-state index < -0.39 is 10.0 Å². The van der Waals surface area contributed by atoms with Crippen LogP contribution in [0.4, 0.5) is 5.69 Å². The fourth-order valence-electron chi connectivity index (χ4n) is 3.27. The fourth-order valence-corrected chi connectivity index (χ4v) is 4.35. The first-order valence-corrected chi connectivity index (χ1v) is 9.97. The summed E-state index contributed by atoms with van der Waals surface area (Å²) in [6, 6.07) is 5.02. The van der Waals surface area contributed by atoms with Gasteiger partial charge in [-0.15, -0.1) is 4.40 Å². The van der Waals surface area contributed by atoms with Crippen molar-refractivity contribution in [3.8, 4) is 0 Å². The lowest BCUT2D eigenvalue weighted by Gasteiger charge is -2.26. The largest absolute Gasteiger partial charge is 0.349 e. The van der Waals surface area contributed by atoms with E-state index in [1.807, 2.05) is 6.92 Å². The maximum Gasteiger partial charge on any atom is 0.285 e. The average Bonchev–Trinajstić information content (AvgIpc) is 2.58. The normalized spacial score (nSPS) is 19.8. The first kappa shape index (κ1) is 17.0. The van der Waals surface area contributed by atoms with Crippen molar-refractivity contribution in [3.63, 3.8) is 0 Å². The summed E-state index contributed by atoms with van der Waals surface area (Å²) in [5.41, 5.74) is 0.956. The summed E-state index contributed by atoms with van der Waals surface area (Å²) in [5, 5.41) is 3.02. The molecule has 7 heteroatoms. The molecule has 0 atom stereocenters. The lowest BCUT2D eigenvalue weighted by molar-refractivity contribution is 0.0927. The first-order chi connectivity index (χ1) is 11.5. The Morgan fingerprint density at radius 3 is 2.75 bits per heavy atom. The van der Waals surface area contributed by atoms with Gasteiger partial charge in [-0.05, 0) is 37.5 Å². The number of fused-ring (bicyclic) bond motifs is 1. The monoisotopic (exact) mass is 349 g/mol. The van der Waals surface area contributed by atoms with Gasteiger partial charge < -0.3 is 10.2 Å². The van der Waals surface area contributed by atoms with Crippen LogP contribution < -0.4 is 10.2 Å². The van der Waals surface area contributed by atoms with Gasteiger partial charge in [0.1, 0.15) is 11.2 Å². The van der Waals surface area contributed by atoms with Gasteiger partial charge in [0.15, 0.2) is 0 Å². The van der Waals surface area contributed by atoms with Crippen molar-refractivity contribution in [3.05, 3.63) is 23.8 Å². The number of amides is 1. The number of hydrogen-bond acceptors (Lipinski definition) is 4. The molecular formula is C17H23N3O3S. The Morgan fingerprint density at radius 1 is 1.29 bits per heavy atom. The van der Waals surface area contributed by atoms with Gasteiger partial charge in [0.05, 0.1) is 5.69 Å². The molecule has 0 unspecified atom stereocenters. The highest BCUT2D eigenvalue weighted by Gasteiger charge is 2.27. The van der Waals surface area contributed by atoms with Gasteiger partial charge in [-0.25, -0.2) is 0 Å². The van der Waals surface area contributed by atoms with E-state index in [-0.39, 0.29) is 16.8 Å². The molecular weight excluding hydrogens is 326 g/mol. The van der Waals surface area contributed by atoms with Crippen LogP contribution in [0.2, 0.25) is 0 Å². The molecule has 24 heavy (non-hydrogen) atoms. The molecule has 2 aliphatic rings. The molecule has 1 aliphatic heterocycles. The van der Waals surface area contributed by atoms with Crippen LogP contribution in [-0.2, 0) is 10.0 Å².